The van der Waals surface area contributed by atoms with Gasteiger partial charge in [0, 0.05) is 0 Å². The van der Waals surface area contributed by atoms with Gasteiger partial charge in [0.25, 0.3) is 0 Å². The van der Waals surface area contributed by atoms with Gasteiger partial charge < -0.3 is 10.1 Å². The normalized spacial score (nSPS) is 10.1. The summed E-state index contributed by atoms with van der Waals surface area (Å²) >= 11 is 0. The molecule has 0 aliphatic rings. The summed E-state index contributed by atoms with van der Waals surface area (Å²) in [6, 6.07) is 2.39. The molecular weight excluding hydrogens is 225 g/mol. The molecule has 1 aromatic rings. The highest BCUT2D eigenvalue weighted by Crippen LogP contribution is 2.17. The van der Waals surface area contributed by atoms with Gasteiger partial charge in [-0.05, 0) is 31.7 Å². The van der Waals surface area contributed by atoms with E-state index in [9.17, 15) is 14.0 Å². The van der Waals surface area contributed by atoms with Crippen molar-refractivity contribution in [3.8, 4) is 0 Å². The zero-order valence-corrected chi connectivity index (χ0v) is 9.96. The van der Waals surface area contributed by atoms with Gasteiger partial charge in [-0.15, -0.1) is 0 Å². The number of benzene rings is 1. The summed E-state index contributed by atoms with van der Waals surface area (Å²) in [4.78, 5) is 23.0. The summed E-state index contributed by atoms with van der Waals surface area (Å²) in [5.41, 5.74) is 0.536. The van der Waals surface area contributed by atoms with Gasteiger partial charge in [-0.3, -0.25) is 4.79 Å². The number of rotatable bonds is 4. The fourth-order valence-electron chi connectivity index (χ4n) is 1.47. The van der Waals surface area contributed by atoms with Gasteiger partial charge in [-0.1, -0.05) is 0 Å². The van der Waals surface area contributed by atoms with Crippen LogP contribution in [0, 0.1) is 12.7 Å². The molecule has 0 aromatic heterocycles. The first-order chi connectivity index (χ1) is 8.01. The Balaban J connectivity index is 3.23. The molecule has 0 radical (unpaired) electrons. The lowest BCUT2D eigenvalue weighted by molar-refractivity contribution is 0.0600. The molecule has 92 valence electrons. The molecule has 1 N–H and O–H groups in total. The van der Waals surface area contributed by atoms with Gasteiger partial charge in [0.05, 0.1) is 24.8 Å². The van der Waals surface area contributed by atoms with Crippen LogP contribution in [0.3, 0.4) is 0 Å². The average molecular weight is 239 g/mol. The Morgan fingerprint density at radius 3 is 2.53 bits per heavy atom. The molecule has 0 atom stereocenters. The van der Waals surface area contributed by atoms with Crippen LogP contribution in [0.2, 0.25) is 0 Å². The van der Waals surface area contributed by atoms with E-state index in [0.717, 1.165) is 6.07 Å². The second-order valence-corrected chi connectivity index (χ2v) is 3.59. The van der Waals surface area contributed by atoms with Crippen molar-refractivity contribution < 1.29 is 18.7 Å². The van der Waals surface area contributed by atoms with Gasteiger partial charge in [-0.2, -0.15) is 0 Å². The van der Waals surface area contributed by atoms with Crippen molar-refractivity contribution in [3.05, 3.63) is 34.6 Å². The number of nitrogens with one attached hydrogen (secondary N) is 1. The van der Waals surface area contributed by atoms with Crippen molar-refractivity contribution in [1.82, 2.24) is 5.32 Å². The van der Waals surface area contributed by atoms with Crippen LogP contribution in [0.15, 0.2) is 12.1 Å². The fraction of sp³-hybridized carbons (Fsp3) is 0.333. The second kappa shape index (κ2) is 5.54. The summed E-state index contributed by atoms with van der Waals surface area (Å²) in [7, 11) is 2.82. The third-order valence-corrected chi connectivity index (χ3v) is 2.36. The molecule has 1 rings (SSSR count). The predicted octanol–water partition coefficient (Wildman–Crippen LogP) is 1.32. The molecular formula is C12H14FNO3. The molecule has 1 aromatic carbocycles. The van der Waals surface area contributed by atoms with Gasteiger partial charge in [-0.25, -0.2) is 9.18 Å². The first-order valence-corrected chi connectivity index (χ1v) is 5.07. The number of ether oxygens (including phenoxy) is 1. The molecule has 0 bridgehead atoms. The molecule has 17 heavy (non-hydrogen) atoms. The highest BCUT2D eigenvalue weighted by atomic mass is 19.1. The van der Waals surface area contributed by atoms with Gasteiger partial charge in [0.15, 0.2) is 5.78 Å². The lowest BCUT2D eigenvalue weighted by atomic mass is 10.0. The van der Waals surface area contributed by atoms with Crippen LogP contribution in [0.1, 0.15) is 26.3 Å². The molecule has 0 saturated heterocycles. The van der Waals surface area contributed by atoms with Crippen molar-refractivity contribution in [2.24, 2.45) is 0 Å². The fourth-order valence-corrected chi connectivity index (χ4v) is 1.47. The number of halogens is 1. The molecule has 5 heteroatoms. The quantitative estimate of drug-likeness (QED) is 0.636. The average Bonchev–Trinajstić information content (AvgIpc) is 2.28. The Labute approximate surface area is 98.8 Å². The van der Waals surface area contributed by atoms with Crippen LogP contribution in [0.5, 0.6) is 0 Å². The van der Waals surface area contributed by atoms with Crippen molar-refractivity contribution in [2.75, 3.05) is 20.7 Å². The zero-order valence-electron chi connectivity index (χ0n) is 9.96. The largest absolute Gasteiger partial charge is 0.465 e. The number of likely N-dealkylation sites (N-methyl/N-ethyl adjacent to an activating group) is 1. The van der Waals surface area contributed by atoms with E-state index in [1.807, 2.05) is 0 Å². The van der Waals surface area contributed by atoms with Crippen molar-refractivity contribution in [1.29, 1.82) is 0 Å². The SMILES string of the molecule is CNCC(=O)c1cc(C(=O)OC)c(C)cc1F. The minimum absolute atomic E-state index is 0.0145. The van der Waals surface area contributed by atoms with Crippen LogP contribution >= 0.6 is 0 Å². The van der Waals surface area contributed by atoms with Crippen molar-refractivity contribution in [3.63, 3.8) is 0 Å². The van der Waals surface area contributed by atoms with E-state index in [4.69, 9.17) is 0 Å². The highest BCUT2D eigenvalue weighted by molar-refractivity contribution is 6.01. The van der Waals surface area contributed by atoms with E-state index in [0.29, 0.717) is 5.56 Å². The highest BCUT2D eigenvalue weighted by Gasteiger charge is 2.17. The number of esters is 1. The molecule has 0 fully saturated rings. The Bertz CT molecular complexity index is 457. The molecule has 4 nitrogen and oxygen atoms in total. The van der Waals surface area contributed by atoms with E-state index in [1.54, 1.807) is 14.0 Å². The summed E-state index contributed by atoms with van der Waals surface area (Å²) in [6.07, 6.45) is 0. The number of hydrogen-bond acceptors (Lipinski definition) is 4. The van der Waals surface area contributed by atoms with Crippen LogP contribution < -0.4 is 5.32 Å². The molecule has 0 spiro atoms. The Morgan fingerprint density at radius 1 is 1.35 bits per heavy atom. The number of ketones is 1. The van der Waals surface area contributed by atoms with Crippen molar-refractivity contribution in [2.45, 2.75) is 6.92 Å². The predicted molar refractivity (Wildman–Crippen MR) is 60.7 cm³/mol. The number of Topliss-reactive ketones (excluding diaryl/α,β-unsaturated/α-hetero) is 1. The van der Waals surface area contributed by atoms with Gasteiger partial charge >= 0.3 is 5.97 Å². The van der Waals surface area contributed by atoms with E-state index in [2.05, 4.69) is 10.1 Å². The maximum absolute atomic E-state index is 13.6. The third-order valence-electron chi connectivity index (χ3n) is 2.36. The van der Waals surface area contributed by atoms with E-state index in [-0.39, 0.29) is 17.7 Å². The summed E-state index contributed by atoms with van der Waals surface area (Å²) < 4.78 is 18.1. The van der Waals surface area contributed by atoms with E-state index < -0.39 is 17.6 Å². The lowest BCUT2D eigenvalue weighted by Crippen LogP contribution is -2.20. The Hall–Kier alpha value is -1.75. The number of carbonyl (C=O) groups is 2. The Kier molecular flexibility index (Phi) is 4.34. The lowest BCUT2D eigenvalue weighted by Gasteiger charge is -2.08. The van der Waals surface area contributed by atoms with Crippen LogP contribution in [-0.2, 0) is 4.74 Å². The second-order valence-electron chi connectivity index (χ2n) is 3.59. The van der Waals surface area contributed by atoms with Gasteiger partial charge in [0.2, 0.25) is 0 Å². The van der Waals surface area contributed by atoms with E-state index in [1.165, 1.54) is 13.2 Å². The molecule has 0 aliphatic carbocycles. The summed E-state index contributed by atoms with van der Waals surface area (Å²) in [6.45, 7) is 1.60. The number of methoxy groups -OCH3 is 1. The maximum atomic E-state index is 13.6. The third kappa shape index (κ3) is 2.88. The first-order valence-electron chi connectivity index (χ1n) is 5.07. The summed E-state index contributed by atoms with van der Waals surface area (Å²) in [5.74, 6) is -1.62. The van der Waals surface area contributed by atoms with Crippen LogP contribution in [0.4, 0.5) is 4.39 Å². The maximum Gasteiger partial charge on any atom is 0.338 e. The van der Waals surface area contributed by atoms with Gasteiger partial charge in [0.1, 0.15) is 5.82 Å². The Morgan fingerprint density at radius 2 is 2.00 bits per heavy atom. The topological polar surface area (TPSA) is 55.4 Å². The smallest absolute Gasteiger partial charge is 0.338 e. The van der Waals surface area contributed by atoms with Crippen molar-refractivity contribution >= 4 is 11.8 Å². The monoisotopic (exact) mass is 239 g/mol. The zero-order chi connectivity index (χ0) is 13.0. The molecule has 0 amide bonds. The first kappa shape index (κ1) is 13.3. The minimum atomic E-state index is -0.629. The standard InChI is InChI=1S/C12H14FNO3/c1-7-4-10(13)9(11(15)6-14-2)5-8(7)12(16)17-3/h4-5,14H,6H2,1-3H3. The number of aryl methyl sites for hydroxylation is 1. The number of carbonyl (C=O) groups excluding carboxylic acids is 2. The molecule has 0 aliphatic heterocycles. The summed E-state index contributed by atoms with van der Waals surface area (Å²) in [5, 5.41) is 2.64. The van der Waals surface area contributed by atoms with Crippen LogP contribution in [-0.4, -0.2) is 32.5 Å². The molecule has 0 saturated carbocycles. The minimum Gasteiger partial charge on any atom is -0.465 e. The molecule has 0 unspecified atom stereocenters. The molecule has 0 heterocycles. The number of hydrogen-bond donors (Lipinski definition) is 1. The van der Waals surface area contributed by atoms with E-state index >= 15 is 0 Å². The van der Waals surface area contributed by atoms with Crippen LogP contribution in [0.25, 0.3) is 0 Å².